The Balaban J connectivity index is 1.90. The summed E-state index contributed by atoms with van der Waals surface area (Å²) in [4.78, 5) is 26.5. The van der Waals surface area contributed by atoms with Crippen molar-refractivity contribution in [1.82, 2.24) is 9.80 Å². The molecule has 3 rings (SSSR count). The molecular formula is C19H18N2O4S. The van der Waals surface area contributed by atoms with Crippen molar-refractivity contribution in [3.05, 3.63) is 53.3 Å². The van der Waals surface area contributed by atoms with Crippen molar-refractivity contribution in [2.24, 2.45) is 0 Å². The van der Waals surface area contributed by atoms with Gasteiger partial charge in [0.25, 0.3) is 5.91 Å². The Morgan fingerprint density at radius 3 is 2.46 bits per heavy atom. The second-order valence-electron chi connectivity index (χ2n) is 6.07. The standard InChI is InChI=1S/C19H18N2O4S/c1-11(22)12-4-6-13(7-5-12)16-9-8-14(25-16)10-15-17(23)20(2)19(26)21(3)18(15)24/h4-10,17,23H,1-3H3. The summed E-state index contributed by atoms with van der Waals surface area (Å²) in [5.41, 5.74) is 1.61. The van der Waals surface area contributed by atoms with Gasteiger partial charge in [-0.05, 0) is 37.4 Å². The van der Waals surface area contributed by atoms with E-state index in [0.717, 1.165) is 5.56 Å². The first-order chi connectivity index (χ1) is 12.3. The number of aliphatic hydroxyl groups is 1. The monoisotopic (exact) mass is 370 g/mol. The number of ketones is 1. The third-order valence-electron chi connectivity index (χ3n) is 4.29. The van der Waals surface area contributed by atoms with Gasteiger partial charge in [-0.3, -0.25) is 14.5 Å². The van der Waals surface area contributed by atoms with Crippen LogP contribution in [-0.4, -0.2) is 52.0 Å². The Hall–Kier alpha value is -2.77. The molecule has 0 spiro atoms. The van der Waals surface area contributed by atoms with Crippen molar-refractivity contribution in [3.8, 4) is 11.3 Å². The lowest BCUT2D eigenvalue weighted by molar-refractivity contribution is -0.126. The SMILES string of the molecule is CC(=O)c1ccc(-c2ccc(C=C3C(=O)N(C)C(=S)N(C)C3O)o2)cc1. The molecule has 6 nitrogen and oxygen atoms in total. The molecule has 134 valence electrons. The van der Waals surface area contributed by atoms with Crippen molar-refractivity contribution < 1.29 is 19.1 Å². The zero-order valence-corrected chi connectivity index (χ0v) is 15.4. The molecule has 1 N–H and O–H groups in total. The zero-order valence-electron chi connectivity index (χ0n) is 14.6. The Labute approximate surface area is 156 Å². The van der Waals surface area contributed by atoms with Crippen LogP contribution in [0.4, 0.5) is 0 Å². The molecule has 1 saturated heterocycles. The molecule has 0 radical (unpaired) electrons. The molecular weight excluding hydrogens is 352 g/mol. The van der Waals surface area contributed by atoms with E-state index in [4.69, 9.17) is 16.6 Å². The van der Waals surface area contributed by atoms with Crippen LogP contribution in [0.5, 0.6) is 0 Å². The molecule has 1 unspecified atom stereocenters. The summed E-state index contributed by atoms with van der Waals surface area (Å²) >= 11 is 5.12. The quantitative estimate of drug-likeness (QED) is 0.508. The summed E-state index contributed by atoms with van der Waals surface area (Å²) in [6.07, 6.45) is 0.379. The minimum Gasteiger partial charge on any atom is -0.457 e. The number of carbonyl (C=O) groups is 2. The molecule has 0 aliphatic carbocycles. The molecule has 1 fully saturated rings. The number of amides is 1. The number of aliphatic hydroxyl groups excluding tert-OH is 1. The second kappa shape index (κ2) is 6.86. The second-order valence-corrected chi connectivity index (χ2v) is 6.43. The fraction of sp³-hybridized carbons (Fsp3) is 0.211. The highest BCUT2D eigenvalue weighted by atomic mass is 32.1. The van der Waals surface area contributed by atoms with Crippen molar-refractivity contribution in [2.75, 3.05) is 14.1 Å². The van der Waals surface area contributed by atoms with Crippen LogP contribution in [0.25, 0.3) is 17.4 Å². The van der Waals surface area contributed by atoms with Crippen LogP contribution in [0.2, 0.25) is 0 Å². The topological polar surface area (TPSA) is 74.0 Å². The van der Waals surface area contributed by atoms with Gasteiger partial charge in [-0.2, -0.15) is 0 Å². The van der Waals surface area contributed by atoms with Gasteiger partial charge < -0.3 is 14.4 Å². The van der Waals surface area contributed by atoms with Crippen molar-refractivity contribution in [2.45, 2.75) is 13.2 Å². The maximum absolute atomic E-state index is 12.4. The Morgan fingerprint density at radius 2 is 1.85 bits per heavy atom. The largest absolute Gasteiger partial charge is 0.457 e. The van der Waals surface area contributed by atoms with Crippen LogP contribution in [0.3, 0.4) is 0 Å². The Bertz CT molecular complexity index is 914. The lowest BCUT2D eigenvalue weighted by Crippen LogP contribution is -2.55. The summed E-state index contributed by atoms with van der Waals surface area (Å²) in [5.74, 6) is 0.663. The van der Waals surface area contributed by atoms with E-state index >= 15 is 0 Å². The number of hydrogen-bond donors (Lipinski definition) is 1. The zero-order chi connectivity index (χ0) is 19.0. The van der Waals surface area contributed by atoms with E-state index in [1.807, 2.05) is 0 Å². The maximum atomic E-state index is 12.4. The average Bonchev–Trinajstić information content (AvgIpc) is 3.10. The Kier molecular flexibility index (Phi) is 4.76. The van der Waals surface area contributed by atoms with E-state index in [0.29, 0.717) is 17.1 Å². The first-order valence-corrected chi connectivity index (χ1v) is 8.36. The van der Waals surface area contributed by atoms with Gasteiger partial charge in [0.1, 0.15) is 11.5 Å². The molecule has 1 aliphatic heterocycles. The number of benzene rings is 1. The van der Waals surface area contributed by atoms with Gasteiger partial charge >= 0.3 is 0 Å². The molecule has 1 amide bonds. The predicted octanol–water partition coefficient (Wildman–Crippen LogP) is 2.54. The van der Waals surface area contributed by atoms with Crippen LogP contribution < -0.4 is 0 Å². The molecule has 0 bridgehead atoms. The van der Waals surface area contributed by atoms with E-state index in [1.165, 1.54) is 22.8 Å². The van der Waals surface area contributed by atoms with Crippen molar-refractivity contribution in [3.63, 3.8) is 0 Å². The maximum Gasteiger partial charge on any atom is 0.260 e. The first kappa shape index (κ1) is 18.0. The smallest absolute Gasteiger partial charge is 0.260 e. The number of likely N-dealkylation sites (N-methyl/N-ethyl adjacent to an activating group) is 2. The molecule has 2 heterocycles. The molecule has 0 saturated carbocycles. The van der Waals surface area contributed by atoms with Crippen molar-refractivity contribution >= 4 is 35.1 Å². The van der Waals surface area contributed by atoms with Crippen LogP contribution >= 0.6 is 12.2 Å². The van der Waals surface area contributed by atoms with E-state index < -0.39 is 6.23 Å². The highest BCUT2D eigenvalue weighted by molar-refractivity contribution is 7.80. The average molecular weight is 370 g/mol. The van der Waals surface area contributed by atoms with Gasteiger partial charge in [-0.15, -0.1) is 0 Å². The molecule has 7 heteroatoms. The number of furan rings is 1. The molecule has 1 atom stereocenters. The van der Waals surface area contributed by atoms with E-state index in [2.05, 4.69) is 0 Å². The van der Waals surface area contributed by atoms with E-state index in [1.54, 1.807) is 50.5 Å². The number of hydrogen-bond acceptors (Lipinski definition) is 5. The molecule has 1 aromatic carbocycles. The summed E-state index contributed by atoms with van der Waals surface area (Å²) < 4.78 is 5.77. The minimum atomic E-state index is -1.13. The van der Waals surface area contributed by atoms with Crippen molar-refractivity contribution in [1.29, 1.82) is 0 Å². The fourth-order valence-electron chi connectivity index (χ4n) is 2.69. The molecule has 2 aromatic rings. The first-order valence-electron chi connectivity index (χ1n) is 7.95. The third-order valence-corrected chi connectivity index (χ3v) is 4.85. The molecule has 26 heavy (non-hydrogen) atoms. The number of rotatable bonds is 3. The predicted molar refractivity (Wildman–Crippen MR) is 101 cm³/mol. The van der Waals surface area contributed by atoms with Crippen LogP contribution in [0.15, 0.2) is 46.4 Å². The summed E-state index contributed by atoms with van der Waals surface area (Å²) in [5, 5.41) is 10.6. The van der Waals surface area contributed by atoms with Gasteiger partial charge in [0.2, 0.25) is 0 Å². The normalized spacial score (nSPS) is 19.4. The lowest BCUT2D eigenvalue weighted by Gasteiger charge is -2.37. The van der Waals surface area contributed by atoms with Gasteiger partial charge in [0.05, 0.1) is 5.57 Å². The number of nitrogens with zero attached hydrogens (tertiary/aromatic N) is 2. The van der Waals surface area contributed by atoms with Crippen LogP contribution in [-0.2, 0) is 4.79 Å². The van der Waals surface area contributed by atoms with Crippen LogP contribution in [0.1, 0.15) is 23.0 Å². The van der Waals surface area contributed by atoms with E-state index in [9.17, 15) is 14.7 Å². The number of Topliss-reactive ketones (excluding diaryl/α,β-unsaturated/α-hetero) is 1. The van der Waals surface area contributed by atoms with Gasteiger partial charge in [0, 0.05) is 25.2 Å². The summed E-state index contributed by atoms with van der Waals surface area (Å²) in [7, 11) is 3.18. The minimum absolute atomic E-state index is 0.00244. The fourth-order valence-corrected chi connectivity index (χ4v) is 2.87. The lowest BCUT2D eigenvalue weighted by atomic mass is 10.1. The highest BCUT2D eigenvalue weighted by Gasteiger charge is 2.35. The summed E-state index contributed by atoms with van der Waals surface area (Å²) in [6, 6.07) is 10.6. The van der Waals surface area contributed by atoms with Crippen LogP contribution in [0, 0.1) is 0 Å². The van der Waals surface area contributed by atoms with E-state index in [-0.39, 0.29) is 22.4 Å². The molecule has 1 aliphatic rings. The van der Waals surface area contributed by atoms with Gasteiger partial charge in [-0.25, -0.2) is 0 Å². The highest BCUT2D eigenvalue weighted by Crippen LogP contribution is 2.26. The number of carbonyl (C=O) groups excluding carboxylic acids is 2. The Morgan fingerprint density at radius 1 is 1.19 bits per heavy atom. The molecule has 1 aromatic heterocycles. The third kappa shape index (κ3) is 3.18. The van der Waals surface area contributed by atoms with Gasteiger partial charge in [0.15, 0.2) is 17.1 Å². The summed E-state index contributed by atoms with van der Waals surface area (Å²) in [6.45, 7) is 1.51. The number of thiocarbonyl (C=S) groups is 1. The van der Waals surface area contributed by atoms with Gasteiger partial charge in [-0.1, -0.05) is 24.3 Å².